The maximum Gasteiger partial charge on any atom is 0.335 e. The zero-order chi connectivity index (χ0) is 15.0. The van der Waals surface area contributed by atoms with Crippen molar-refractivity contribution < 1.29 is 9.90 Å². The lowest BCUT2D eigenvalue weighted by Gasteiger charge is -2.22. The van der Waals surface area contributed by atoms with Crippen molar-refractivity contribution in [2.24, 2.45) is 5.92 Å². The van der Waals surface area contributed by atoms with Crippen molar-refractivity contribution in [2.75, 3.05) is 0 Å². The predicted octanol–water partition coefficient (Wildman–Crippen LogP) is 4.07. The predicted molar refractivity (Wildman–Crippen MR) is 80.3 cm³/mol. The Morgan fingerprint density at radius 3 is 2.35 bits per heavy atom. The molecule has 1 heterocycles. The highest BCUT2D eigenvalue weighted by Gasteiger charge is 2.20. The van der Waals surface area contributed by atoms with E-state index < -0.39 is 5.97 Å². The fourth-order valence-electron chi connectivity index (χ4n) is 2.38. The molecule has 108 valence electrons. The maximum absolute atomic E-state index is 11.2. The Kier molecular flexibility index (Phi) is 3.84. The molecule has 0 bridgehead atoms. The smallest absolute Gasteiger partial charge is 0.335 e. The third-order valence-corrected chi connectivity index (χ3v) is 3.85. The highest BCUT2D eigenvalue weighted by molar-refractivity contribution is 5.92. The molecule has 1 aromatic heterocycles. The number of carboxylic acids is 1. The van der Waals surface area contributed by atoms with Crippen LogP contribution in [-0.2, 0) is 0 Å². The van der Waals surface area contributed by atoms with Crippen molar-refractivity contribution in [1.82, 2.24) is 9.55 Å². The number of benzene rings is 1. The Balaban J connectivity index is 2.74. The van der Waals surface area contributed by atoms with E-state index in [9.17, 15) is 4.79 Å². The first-order chi connectivity index (χ1) is 9.32. The largest absolute Gasteiger partial charge is 0.478 e. The second-order valence-electron chi connectivity index (χ2n) is 5.99. The van der Waals surface area contributed by atoms with Gasteiger partial charge in [-0.2, -0.15) is 0 Å². The van der Waals surface area contributed by atoms with Gasteiger partial charge in [-0.1, -0.05) is 27.7 Å². The Morgan fingerprint density at radius 1 is 1.20 bits per heavy atom. The van der Waals surface area contributed by atoms with Crippen molar-refractivity contribution in [1.29, 1.82) is 0 Å². The number of hydrogen-bond acceptors (Lipinski definition) is 2. The summed E-state index contributed by atoms with van der Waals surface area (Å²) in [7, 11) is 0. The highest BCUT2D eigenvalue weighted by Crippen LogP contribution is 2.29. The second kappa shape index (κ2) is 5.27. The Morgan fingerprint density at radius 2 is 1.85 bits per heavy atom. The minimum atomic E-state index is -0.900. The SMILES string of the molecule is CC(C)c1nc2ccc(C(=O)O)cc2n1C(C)C(C)C. The molecule has 0 saturated carbocycles. The molecule has 0 saturated heterocycles. The zero-order valence-electron chi connectivity index (χ0n) is 12.7. The summed E-state index contributed by atoms with van der Waals surface area (Å²) in [6.07, 6.45) is 0. The van der Waals surface area contributed by atoms with Crippen LogP contribution >= 0.6 is 0 Å². The van der Waals surface area contributed by atoms with E-state index in [0.717, 1.165) is 16.9 Å². The number of rotatable bonds is 4. The third-order valence-electron chi connectivity index (χ3n) is 3.85. The number of carboxylic acid groups (broad SMARTS) is 1. The number of imidazole rings is 1. The van der Waals surface area contributed by atoms with Gasteiger partial charge in [0.05, 0.1) is 16.6 Å². The molecule has 0 spiro atoms. The van der Waals surface area contributed by atoms with Gasteiger partial charge in [0.2, 0.25) is 0 Å². The minimum absolute atomic E-state index is 0.279. The van der Waals surface area contributed by atoms with Crippen LogP contribution in [0.2, 0.25) is 0 Å². The van der Waals surface area contributed by atoms with Crippen LogP contribution in [0.25, 0.3) is 11.0 Å². The number of carbonyl (C=O) groups is 1. The van der Waals surface area contributed by atoms with Gasteiger partial charge in [0, 0.05) is 12.0 Å². The van der Waals surface area contributed by atoms with E-state index in [-0.39, 0.29) is 6.04 Å². The molecule has 4 heteroatoms. The Bertz CT molecular complexity index is 641. The fraction of sp³-hybridized carbons (Fsp3) is 0.500. The molecule has 2 aromatic rings. The molecule has 0 radical (unpaired) electrons. The molecule has 0 aliphatic rings. The van der Waals surface area contributed by atoms with Crippen LogP contribution in [0.3, 0.4) is 0 Å². The normalized spacial score (nSPS) is 13.3. The van der Waals surface area contributed by atoms with Gasteiger partial charge >= 0.3 is 5.97 Å². The van der Waals surface area contributed by atoms with Gasteiger partial charge < -0.3 is 9.67 Å². The summed E-state index contributed by atoms with van der Waals surface area (Å²) in [5.41, 5.74) is 2.09. The van der Waals surface area contributed by atoms with Crippen LogP contribution in [0.4, 0.5) is 0 Å². The molecule has 0 amide bonds. The van der Waals surface area contributed by atoms with Gasteiger partial charge in [0.25, 0.3) is 0 Å². The standard InChI is InChI=1S/C16H22N2O2/c1-9(2)11(5)18-14-8-12(16(19)20)6-7-13(14)17-15(18)10(3)4/h6-11H,1-5H3,(H,19,20). The van der Waals surface area contributed by atoms with Crippen LogP contribution < -0.4 is 0 Å². The number of nitrogens with zero attached hydrogens (tertiary/aromatic N) is 2. The summed E-state index contributed by atoms with van der Waals surface area (Å²) in [4.78, 5) is 15.9. The van der Waals surface area contributed by atoms with E-state index in [1.54, 1.807) is 18.2 Å². The highest BCUT2D eigenvalue weighted by atomic mass is 16.4. The topological polar surface area (TPSA) is 55.1 Å². The van der Waals surface area contributed by atoms with Crippen LogP contribution in [0, 0.1) is 5.92 Å². The average molecular weight is 274 g/mol. The molecule has 2 rings (SSSR count). The second-order valence-corrected chi connectivity index (χ2v) is 5.99. The lowest BCUT2D eigenvalue weighted by atomic mass is 10.0. The van der Waals surface area contributed by atoms with Crippen LogP contribution in [0.1, 0.15) is 62.8 Å². The lowest BCUT2D eigenvalue weighted by molar-refractivity contribution is 0.0697. The molecule has 0 fully saturated rings. The summed E-state index contributed by atoms with van der Waals surface area (Å²) < 4.78 is 2.19. The van der Waals surface area contributed by atoms with Gasteiger partial charge in [-0.15, -0.1) is 0 Å². The first-order valence-corrected chi connectivity index (χ1v) is 7.08. The monoisotopic (exact) mass is 274 g/mol. The Hall–Kier alpha value is -1.84. The van der Waals surface area contributed by atoms with Gasteiger partial charge in [-0.25, -0.2) is 9.78 Å². The molecule has 20 heavy (non-hydrogen) atoms. The third kappa shape index (κ3) is 2.42. The van der Waals surface area contributed by atoms with Crippen LogP contribution in [-0.4, -0.2) is 20.6 Å². The molecule has 4 nitrogen and oxygen atoms in total. The molecule has 1 unspecified atom stereocenters. The van der Waals surface area contributed by atoms with E-state index in [1.165, 1.54) is 0 Å². The van der Waals surface area contributed by atoms with E-state index in [0.29, 0.717) is 17.4 Å². The summed E-state index contributed by atoms with van der Waals surface area (Å²) in [5.74, 6) is 0.877. The lowest BCUT2D eigenvalue weighted by Crippen LogP contribution is -2.15. The summed E-state index contributed by atoms with van der Waals surface area (Å²) in [6, 6.07) is 5.43. The zero-order valence-corrected chi connectivity index (χ0v) is 12.7. The number of hydrogen-bond donors (Lipinski definition) is 1. The van der Waals surface area contributed by atoms with Crippen molar-refractivity contribution >= 4 is 17.0 Å². The minimum Gasteiger partial charge on any atom is -0.478 e. The number of fused-ring (bicyclic) bond motifs is 1. The van der Waals surface area contributed by atoms with E-state index in [1.807, 2.05) is 0 Å². The van der Waals surface area contributed by atoms with Crippen LogP contribution in [0.5, 0.6) is 0 Å². The van der Waals surface area contributed by atoms with E-state index in [4.69, 9.17) is 5.11 Å². The molecule has 1 atom stereocenters. The molecular formula is C16H22N2O2. The van der Waals surface area contributed by atoms with Gasteiger partial charge in [-0.05, 0) is 31.0 Å². The van der Waals surface area contributed by atoms with Gasteiger partial charge in [0.1, 0.15) is 5.82 Å². The molecular weight excluding hydrogens is 252 g/mol. The molecule has 0 aliphatic heterocycles. The van der Waals surface area contributed by atoms with Gasteiger partial charge in [-0.3, -0.25) is 0 Å². The summed E-state index contributed by atoms with van der Waals surface area (Å²) in [5, 5.41) is 9.17. The first-order valence-electron chi connectivity index (χ1n) is 7.08. The fourth-order valence-corrected chi connectivity index (χ4v) is 2.38. The van der Waals surface area contributed by atoms with Crippen molar-refractivity contribution in [3.63, 3.8) is 0 Å². The average Bonchev–Trinajstić information content (AvgIpc) is 2.75. The van der Waals surface area contributed by atoms with Crippen molar-refractivity contribution in [3.05, 3.63) is 29.6 Å². The first kappa shape index (κ1) is 14.6. The quantitative estimate of drug-likeness (QED) is 0.914. The Labute approximate surface area is 119 Å². The van der Waals surface area contributed by atoms with Crippen LogP contribution in [0.15, 0.2) is 18.2 Å². The molecule has 0 aliphatic carbocycles. The van der Waals surface area contributed by atoms with E-state index >= 15 is 0 Å². The summed E-state index contributed by atoms with van der Waals surface area (Å²) >= 11 is 0. The van der Waals surface area contributed by atoms with E-state index in [2.05, 4.69) is 44.2 Å². The molecule has 1 N–H and O–H groups in total. The summed E-state index contributed by atoms with van der Waals surface area (Å²) in [6.45, 7) is 10.7. The van der Waals surface area contributed by atoms with Gasteiger partial charge in [0.15, 0.2) is 0 Å². The van der Waals surface area contributed by atoms with Crippen molar-refractivity contribution in [3.8, 4) is 0 Å². The molecule has 1 aromatic carbocycles. The maximum atomic E-state index is 11.2. The number of aromatic nitrogens is 2. The number of aromatic carboxylic acids is 1. The van der Waals surface area contributed by atoms with Crippen molar-refractivity contribution in [2.45, 2.75) is 46.6 Å².